The van der Waals surface area contributed by atoms with Crippen LogP contribution in [0.3, 0.4) is 0 Å². The fourth-order valence-electron chi connectivity index (χ4n) is 2.91. The van der Waals surface area contributed by atoms with E-state index in [0.717, 1.165) is 43.3 Å². The molecule has 0 amide bonds. The molecule has 5 heteroatoms. The van der Waals surface area contributed by atoms with Gasteiger partial charge in [0.1, 0.15) is 11.6 Å². The van der Waals surface area contributed by atoms with Gasteiger partial charge in [-0.05, 0) is 33.6 Å². The lowest BCUT2D eigenvalue weighted by Crippen LogP contribution is -2.40. The lowest BCUT2D eigenvalue weighted by atomic mass is 9.95. The number of hydrogen-bond donors (Lipinski definition) is 0. The maximum Gasteiger partial charge on any atom is 0.136 e. The zero-order valence-electron chi connectivity index (χ0n) is 16.3. The van der Waals surface area contributed by atoms with Gasteiger partial charge < -0.3 is 14.4 Å². The number of piperidine rings is 1. The predicted octanol–water partition coefficient (Wildman–Crippen LogP) is 3.70. The molecule has 0 saturated carbocycles. The molecule has 0 N–H and O–H groups in total. The first-order valence-corrected chi connectivity index (χ1v) is 8.88. The maximum absolute atomic E-state index is 6.12. The number of nitrogens with zero attached hydrogens (tertiary/aromatic N) is 3. The average Bonchev–Trinajstić information content (AvgIpc) is 2.45. The van der Waals surface area contributed by atoms with Crippen LogP contribution in [-0.2, 0) is 21.5 Å². The van der Waals surface area contributed by atoms with E-state index in [1.807, 2.05) is 0 Å². The number of methoxy groups -OCH3 is 1. The van der Waals surface area contributed by atoms with Crippen LogP contribution in [0, 0.1) is 0 Å². The summed E-state index contributed by atoms with van der Waals surface area (Å²) >= 11 is 0. The third-order valence-corrected chi connectivity index (χ3v) is 4.01. The van der Waals surface area contributed by atoms with Crippen molar-refractivity contribution in [1.82, 2.24) is 9.97 Å². The molecule has 0 radical (unpaired) electrons. The molecule has 5 nitrogen and oxygen atoms in total. The molecule has 1 fully saturated rings. The molecule has 2 heterocycles. The van der Waals surface area contributed by atoms with Crippen molar-refractivity contribution in [3.63, 3.8) is 0 Å². The van der Waals surface area contributed by atoms with Crippen molar-refractivity contribution in [3.8, 4) is 0 Å². The highest BCUT2D eigenvalue weighted by Gasteiger charge is 2.26. The Morgan fingerprint density at radius 1 is 1.08 bits per heavy atom. The van der Waals surface area contributed by atoms with E-state index >= 15 is 0 Å². The van der Waals surface area contributed by atoms with Crippen molar-refractivity contribution in [2.75, 3.05) is 25.1 Å². The number of rotatable bonds is 4. The summed E-state index contributed by atoms with van der Waals surface area (Å²) in [6.07, 6.45) is 2.40. The van der Waals surface area contributed by atoms with Crippen LogP contribution in [0.1, 0.15) is 65.9 Å². The third-order valence-electron chi connectivity index (χ3n) is 4.01. The standard InChI is InChI=1S/C19H33N3O2/c1-18(2,3)17-20-14(13-23-7)12-16(21-17)22-10-8-15(9-11-22)24-19(4,5)6/h12,15H,8-11,13H2,1-7H3. The van der Waals surface area contributed by atoms with E-state index in [-0.39, 0.29) is 11.0 Å². The van der Waals surface area contributed by atoms with Crippen molar-refractivity contribution < 1.29 is 9.47 Å². The van der Waals surface area contributed by atoms with Crippen molar-refractivity contribution >= 4 is 5.82 Å². The van der Waals surface area contributed by atoms with E-state index in [2.05, 4.69) is 57.5 Å². The van der Waals surface area contributed by atoms with E-state index in [0.29, 0.717) is 12.7 Å². The molecule has 1 aliphatic heterocycles. The summed E-state index contributed by atoms with van der Waals surface area (Å²) in [5, 5.41) is 0. The second kappa shape index (κ2) is 7.36. The fourth-order valence-corrected chi connectivity index (χ4v) is 2.91. The van der Waals surface area contributed by atoms with Crippen LogP contribution in [-0.4, -0.2) is 41.9 Å². The molecule has 0 aliphatic carbocycles. The molecule has 1 aromatic rings. The Kier molecular flexibility index (Phi) is 5.87. The largest absolute Gasteiger partial charge is 0.378 e. The number of ether oxygens (including phenoxy) is 2. The highest BCUT2D eigenvalue weighted by atomic mass is 16.5. The lowest BCUT2D eigenvalue weighted by Gasteiger charge is -2.36. The first kappa shape index (κ1) is 19.1. The minimum absolute atomic E-state index is 0.0766. The van der Waals surface area contributed by atoms with Crippen LogP contribution in [0.2, 0.25) is 0 Å². The molecule has 136 valence electrons. The van der Waals surface area contributed by atoms with Gasteiger partial charge in [0.15, 0.2) is 0 Å². The summed E-state index contributed by atoms with van der Waals surface area (Å²) < 4.78 is 11.4. The summed E-state index contributed by atoms with van der Waals surface area (Å²) in [5.74, 6) is 1.89. The Morgan fingerprint density at radius 2 is 1.71 bits per heavy atom. The first-order chi connectivity index (χ1) is 11.1. The van der Waals surface area contributed by atoms with Crippen LogP contribution in [0.15, 0.2) is 6.07 Å². The summed E-state index contributed by atoms with van der Waals surface area (Å²) in [4.78, 5) is 11.8. The van der Waals surface area contributed by atoms with E-state index in [1.165, 1.54) is 0 Å². The minimum atomic E-state index is -0.0772. The van der Waals surface area contributed by atoms with E-state index in [1.54, 1.807) is 7.11 Å². The molecule has 1 aromatic heterocycles. The Morgan fingerprint density at radius 3 is 2.21 bits per heavy atom. The number of hydrogen-bond acceptors (Lipinski definition) is 5. The van der Waals surface area contributed by atoms with Gasteiger partial charge in [0.05, 0.1) is 24.0 Å². The van der Waals surface area contributed by atoms with Gasteiger partial charge in [-0.25, -0.2) is 9.97 Å². The Balaban J connectivity index is 2.13. The van der Waals surface area contributed by atoms with Crippen LogP contribution >= 0.6 is 0 Å². The Labute approximate surface area is 146 Å². The third kappa shape index (κ3) is 5.42. The molecule has 0 atom stereocenters. The van der Waals surface area contributed by atoms with Crippen molar-refractivity contribution in [2.24, 2.45) is 0 Å². The molecule has 0 bridgehead atoms. The van der Waals surface area contributed by atoms with Gasteiger partial charge in [0.25, 0.3) is 0 Å². The summed E-state index contributed by atoms with van der Waals surface area (Å²) in [6, 6.07) is 2.06. The maximum atomic E-state index is 6.12. The number of aromatic nitrogens is 2. The van der Waals surface area contributed by atoms with Crippen LogP contribution in [0.4, 0.5) is 5.82 Å². The molecule has 1 aliphatic rings. The fraction of sp³-hybridized carbons (Fsp3) is 0.789. The lowest BCUT2D eigenvalue weighted by molar-refractivity contribution is -0.0683. The molecule has 0 spiro atoms. The molecular weight excluding hydrogens is 302 g/mol. The van der Waals surface area contributed by atoms with Gasteiger partial charge >= 0.3 is 0 Å². The second-order valence-electron chi connectivity index (χ2n) is 8.64. The highest BCUT2D eigenvalue weighted by molar-refractivity contribution is 5.41. The van der Waals surface area contributed by atoms with Gasteiger partial charge in [-0.15, -0.1) is 0 Å². The normalized spacial score (nSPS) is 17.4. The van der Waals surface area contributed by atoms with Crippen LogP contribution in [0.5, 0.6) is 0 Å². The minimum Gasteiger partial charge on any atom is -0.378 e. The summed E-state index contributed by atoms with van der Waals surface area (Å²) in [6.45, 7) is 15.2. The molecular formula is C19H33N3O2. The van der Waals surface area contributed by atoms with Crippen LogP contribution < -0.4 is 4.90 Å². The Bertz CT molecular complexity index is 539. The van der Waals surface area contributed by atoms with Crippen molar-refractivity contribution in [2.45, 2.75) is 78.1 Å². The highest BCUT2D eigenvalue weighted by Crippen LogP contribution is 2.26. The predicted molar refractivity (Wildman–Crippen MR) is 97.5 cm³/mol. The molecule has 0 aromatic carbocycles. The molecule has 24 heavy (non-hydrogen) atoms. The van der Waals surface area contributed by atoms with Gasteiger partial charge in [-0.2, -0.15) is 0 Å². The summed E-state index contributed by atoms with van der Waals surface area (Å²) in [7, 11) is 1.70. The molecule has 0 unspecified atom stereocenters. The quantitative estimate of drug-likeness (QED) is 0.839. The van der Waals surface area contributed by atoms with Crippen LogP contribution in [0.25, 0.3) is 0 Å². The zero-order chi connectivity index (χ0) is 18.0. The van der Waals surface area contributed by atoms with Gasteiger partial charge in [0, 0.05) is 31.7 Å². The van der Waals surface area contributed by atoms with E-state index < -0.39 is 0 Å². The first-order valence-electron chi connectivity index (χ1n) is 8.88. The Hall–Kier alpha value is -1.20. The van der Waals surface area contributed by atoms with E-state index in [9.17, 15) is 0 Å². The van der Waals surface area contributed by atoms with Gasteiger partial charge in [0.2, 0.25) is 0 Å². The SMILES string of the molecule is COCc1cc(N2CCC(OC(C)(C)C)CC2)nc(C(C)(C)C)n1. The summed E-state index contributed by atoms with van der Waals surface area (Å²) in [5.41, 5.74) is 0.791. The topological polar surface area (TPSA) is 47.5 Å². The van der Waals surface area contributed by atoms with Gasteiger partial charge in [-0.1, -0.05) is 20.8 Å². The van der Waals surface area contributed by atoms with Crippen molar-refractivity contribution in [3.05, 3.63) is 17.6 Å². The second-order valence-corrected chi connectivity index (χ2v) is 8.64. The smallest absolute Gasteiger partial charge is 0.136 e. The average molecular weight is 335 g/mol. The van der Waals surface area contributed by atoms with Gasteiger partial charge in [-0.3, -0.25) is 0 Å². The van der Waals surface area contributed by atoms with E-state index in [4.69, 9.17) is 14.5 Å². The zero-order valence-corrected chi connectivity index (χ0v) is 16.3. The molecule has 2 rings (SSSR count). The number of anilines is 1. The van der Waals surface area contributed by atoms with Crippen molar-refractivity contribution in [1.29, 1.82) is 0 Å². The molecule has 1 saturated heterocycles. The monoisotopic (exact) mass is 335 g/mol.